The second kappa shape index (κ2) is 4.56. The lowest BCUT2D eigenvalue weighted by Gasteiger charge is -2.19. The number of anilines is 1. The summed E-state index contributed by atoms with van der Waals surface area (Å²) in [6.45, 7) is 0.973. The van der Waals surface area contributed by atoms with Crippen molar-refractivity contribution >= 4 is 16.8 Å². The molecule has 0 bridgehead atoms. The number of hydrogen-bond donors (Lipinski definition) is 1. The molecule has 2 aromatic carbocycles. The molecule has 4 rings (SSSR count). The Labute approximate surface area is 116 Å². The van der Waals surface area contributed by atoms with Crippen LogP contribution >= 0.6 is 0 Å². The Hall–Kier alpha value is -2.49. The summed E-state index contributed by atoms with van der Waals surface area (Å²) in [7, 11) is 0. The van der Waals surface area contributed by atoms with Gasteiger partial charge in [0.25, 0.3) is 0 Å². The smallest absolute Gasteiger partial charge is 0.400 e. The standard InChI is InChI=1S/C16H14N2O2/c1-2-8-13-12(7-1)18-16(19-13)20-14-9-3-5-11-6-4-10-17-15(11)14/h1-3,5,7-9,17H,4,6,10H2. The van der Waals surface area contributed by atoms with Crippen molar-refractivity contribution in [2.45, 2.75) is 12.8 Å². The Morgan fingerprint density at radius 3 is 3.00 bits per heavy atom. The van der Waals surface area contributed by atoms with Crippen LogP contribution in [0.1, 0.15) is 12.0 Å². The largest absolute Gasteiger partial charge is 0.409 e. The molecule has 4 heteroatoms. The van der Waals surface area contributed by atoms with Gasteiger partial charge in [0, 0.05) is 6.54 Å². The van der Waals surface area contributed by atoms with E-state index in [-0.39, 0.29) is 6.08 Å². The van der Waals surface area contributed by atoms with Crippen molar-refractivity contribution in [2.75, 3.05) is 11.9 Å². The molecule has 0 atom stereocenters. The van der Waals surface area contributed by atoms with Crippen LogP contribution in [0.5, 0.6) is 11.8 Å². The van der Waals surface area contributed by atoms with Crippen LogP contribution in [0.2, 0.25) is 0 Å². The molecule has 20 heavy (non-hydrogen) atoms. The van der Waals surface area contributed by atoms with Crippen molar-refractivity contribution in [3.05, 3.63) is 48.0 Å². The van der Waals surface area contributed by atoms with E-state index in [4.69, 9.17) is 9.15 Å². The van der Waals surface area contributed by atoms with Gasteiger partial charge in [-0.05, 0) is 36.6 Å². The molecule has 0 amide bonds. The third-order valence-electron chi connectivity index (χ3n) is 3.51. The van der Waals surface area contributed by atoms with E-state index < -0.39 is 0 Å². The lowest BCUT2D eigenvalue weighted by Crippen LogP contribution is -2.12. The first-order valence-electron chi connectivity index (χ1n) is 6.79. The van der Waals surface area contributed by atoms with Crippen LogP contribution < -0.4 is 10.1 Å². The monoisotopic (exact) mass is 266 g/mol. The van der Waals surface area contributed by atoms with Crippen LogP contribution in [0.15, 0.2) is 46.9 Å². The maximum atomic E-state index is 5.82. The highest BCUT2D eigenvalue weighted by molar-refractivity contribution is 5.73. The molecule has 3 aromatic rings. The fourth-order valence-electron chi connectivity index (χ4n) is 2.55. The minimum absolute atomic E-state index is 0.284. The summed E-state index contributed by atoms with van der Waals surface area (Å²) in [5.74, 6) is 0.772. The molecule has 0 spiro atoms. The number of ether oxygens (including phenoxy) is 1. The molecular weight excluding hydrogens is 252 g/mol. The van der Waals surface area contributed by atoms with Crippen molar-refractivity contribution in [3.63, 3.8) is 0 Å². The third-order valence-corrected chi connectivity index (χ3v) is 3.51. The highest BCUT2D eigenvalue weighted by atomic mass is 16.6. The van der Waals surface area contributed by atoms with Crippen molar-refractivity contribution in [1.82, 2.24) is 4.98 Å². The fourth-order valence-corrected chi connectivity index (χ4v) is 2.55. The molecule has 0 fully saturated rings. The molecule has 1 N–H and O–H groups in total. The van der Waals surface area contributed by atoms with Crippen molar-refractivity contribution in [1.29, 1.82) is 0 Å². The molecule has 4 nitrogen and oxygen atoms in total. The first-order valence-corrected chi connectivity index (χ1v) is 6.79. The summed E-state index contributed by atoms with van der Waals surface area (Å²) >= 11 is 0. The number of oxazole rings is 1. The summed E-state index contributed by atoms with van der Waals surface area (Å²) in [4.78, 5) is 4.34. The second-order valence-electron chi connectivity index (χ2n) is 4.87. The number of aryl methyl sites for hydroxylation is 1. The Balaban J connectivity index is 1.72. The van der Waals surface area contributed by atoms with Crippen LogP contribution in [0, 0.1) is 0 Å². The van der Waals surface area contributed by atoms with Gasteiger partial charge < -0.3 is 14.5 Å². The second-order valence-corrected chi connectivity index (χ2v) is 4.87. The molecule has 1 aliphatic heterocycles. The lowest BCUT2D eigenvalue weighted by atomic mass is 10.0. The van der Waals surface area contributed by atoms with E-state index in [1.54, 1.807) is 0 Å². The number of hydrogen-bond acceptors (Lipinski definition) is 4. The molecule has 0 aliphatic carbocycles. The average Bonchev–Trinajstić information content (AvgIpc) is 2.90. The van der Waals surface area contributed by atoms with Gasteiger partial charge in [0.15, 0.2) is 11.3 Å². The van der Waals surface area contributed by atoms with Gasteiger partial charge in [0.05, 0.1) is 5.69 Å². The fraction of sp³-hybridized carbons (Fsp3) is 0.188. The predicted molar refractivity (Wildman–Crippen MR) is 77.3 cm³/mol. The number of nitrogens with one attached hydrogen (secondary N) is 1. The van der Waals surface area contributed by atoms with E-state index in [0.29, 0.717) is 0 Å². The highest BCUT2D eigenvalue weighted by Gasteiger charge is 2.15. The van der Waals surface area contributed by atoms with Crippen molar-refractivity contribution in [3.8, 4) is 11.8 Å². The summed E-state index contributed by atoms with van der Waals surface area (Å²) < 4.78 is 11.4. The molecule has 2 heterocycles. The van der Waals surface area contributed by atoms with E-state index in [0.717, 1.165) is 41.9 Å². The first-order chi connectivity index (χ1) is 9.90. The number of fused-ring (bicyclic) bond motifs is 2. The van der Waals surface area contributed by atoms with Crippen LogP contribution in [0.3, 0.4) is 0 Å². The summed E-state index contributed by atoms with van der Waals surface area (Å²) in [6.07, 6.45) is 2.51. The van der Waals surface area contributed by atoms with Gasteiger partial charge in [0.1, 0.15) is 5.52 Å². The zero-order valence-electron chi connectivity index (χ0n) is 10.9. The molecule has 1 aliphatic rings. The van der Waals surface area contributed by atoms with Gasteiger partial charge in [-0.3, -0.25) is 0 Å². The molecular formula is C16H14N2O2. The zero-order chi connectivity index (χ0) is 13.4. The van der Waals surface area contributed by atoms with Gasteiger partial charge in [-0.25, -0.2) is 0 Å². The molecule has 100 valence electrons. The van der Waals surface area contributed by atoms with E-state index in [9.17, 15) is 0 Å². The van der Waals surface area contributed by atoms with Gasteiger partial charge >= 0.3 is 6.08 Å². The molecule has 1 aromatic heterocycles. The van der Waals surface area contributed by atoms with E-state index in [2.05, 4.69) is 16.4 Å². The SMILES string of the molecule is c1cc2c(c(Oc3nc4ccccc4o3)c1)NCCC2. The van der Waals surface area contributed by atoms with Gasteiger partial charge in [0.2, 0.25) is 0 Å². The summed E-state index contributed by atoms with van der Waals surface area (Å²) in [6, 6.07) is 13.7. The Morgan fingerprint density at radius 2 is 2.05 bits per heavy atom. The maximum Gasteiger partial charge on any atom is 0.400 e. The number of benzene rings is 2. The highest BCUT2D eigenvalue weighted by Crippen LogP contribution is 2.35. The van der Waals surface area contributed by atoms with Gasteiger partial charge in [-0.2, -0.15) is 4.98 Å². The molecule has 0 saturated heterocycles. The quantitative estimate of drug-likeness (QED) is 0.762. The van der Waals surface area contributed by atoms with Crippen molar-refractivity contribution < 1.29 is 9.15 Å². The first kappa shape index (κ1) is 11.3. The third kappa shape index (κ3) is 1.90. The van der Waals surface area contributed by atoms with E-state index in [1.165, 1.54) is 5.56 Å². The minimum atomic E-state index is 0.284. The molecule has 0 unspecified atom stereocenters. The summed E-state index contributed by atoms with van der Waals surface area (Å²) in [5, 5.41) is 3.39. The van der Waals surface area contributed by atoms with E-state index >= 15 is 0 Å². The Morgan fingerprint density at radius 1 is 1.10 bits per heavy atom. The van der Waals surface area contributed by atoms with Crippen LogP contribution in [0.4, 0.5) is 5.69 Å². The van der Waals surface area contributed by atoms with Gasteiger partial charge in [-0.1, -0.05) is 24.3 Å². The van der Waals surface area contributed by atoms with Crippen LogP contribution in [-0.4, -0.2) is 11.5 Å². The minimum Gasteiger partial charge on any atom is -0.409 e. The Bertz CT molecular complexity index is 731. The number of aromatic nitrogens is 1. The van der Waals surface area contributed by atoms with Crippen LogP contribution in [0.25, 0.3) is 11.1 Å². The molecule has 0 saturated carbocycles. The maximum absolute atomic E-state index is 5.82. The number of nitrogens with zero attached hydrogens (tertiary/aromatic N) is 1. The lowest BCUT2D eigenvalue weighted by molar-refractivity contribution is 0.343. The van der Waals surface area contributed by atoms with Gasteiger partial charge in [-0.15, -0.1) is 0 Å². The van der Waals surface area contributed by atoms with Crippen LogP contribution in [-0.2, 0) is 6.42 Å². The average molecular weight is 266 g/mol. The normalized spacial score (nSPS) is 13.8. The van der Waals surface area contributed by atoms with Crippen molar-refractivity contribution in [2.24, 2.45) is 0 Å². The number of rotatable bonds is 2. The van der Waals surface area contributed by atoms with E-state index in [1.807, 2.05) is 36.4 Å². The topological polar surface area (TPSA) is 47.3 Å². The summed E-state index contributed by atoms with van der Waals surface area (Å²) in [5.41, 5.74) is 3.88. The predicted octanol–water partition coefficient (Wildman–Crippen LogP) is 3.98. The molecule has 0 radical (unpaired) electrons. The zero-order valence-corrected chi connectivity index (χ0v) is 10.9. The Kier molecular flexibility index (Phi) is 2.59. The number of para-hydroxylation sites is 3.